The van der Waals surface area contributed by atoms with Crippen LogP contribution in [0.1, 0.15) is 275 Å². The maximum Gasteiger partial charge on any atom is 0.0701 e. The molecule has 0 bridgehead atoms. The quantitative estimate of drug-likeness (QED) is 0.0371. The Morgan fingerprint density at radius 2 is 0.363 bits per heavy atom. The average molecular weight is 1760 g/mol. The number of anilines is 6. The van der Waals surface area contributed by atoms with Crippen molar-refractivity contribution in [2.75, 3.05) is 9.80 Å². The summed E-state index contributed by atoms with van der Waals surface area (Å²) >= 11 is 0. The van der Waals surface area contributed by atoms with Crippen LogP contribution in [-0.4, -0.2) is 0 Å². The topological polar surface area (TPSA) is 6.48 Å². The van der Waals surface area contributed by atoms with Crippen molar-refractivity contribution in [3.8, 4) is 89.0 Å². The van der Waals surface area contributed by atoms with Gasteiger partial charge in [0.15, 0.2) is 0 Å². The Morgan fingerprint density at radius 3 is 0.570 bits per heavy atom. The zero-order chi connectivity index (χ0) is 92.7. The zero-order valence-corrected chi connectivity index (χ0v) is 82.0. The Bertz CT molecular complexity index is 6190. The van der Waals surface area contributed by atoms with Gasteiger partial charge >= 0.3 is 0 Å². The molecule has 676 valence electrons. The summed E-state index contributed by atoms with van der Waals surface area (Å²) in [6, 6.07) is 140. The Labute approximate surface area is 806 Å². The molecule has 4 aliphatic carbocycles. The third kappa shape index (κ3) is 15.3. The first-order valence-electron chi connectivity index (χ1n) is 51.7. The van der Waals surface area contributed by atoms with Crippen molar-refractivity contribution in [2.45, 2.75) is 239 Å². The number of nitrogens with zero attached hydrogens (tertiary/aromatic N) is 2. The molecule has 0 aromatic heterocycles. The highest BCUT2D eigenvalue weighted by atomic mass is 15.1. The fourth-order valence-electron chi connectivity index (χ4n) is 25.2. The van der Waals surface area contributed by atoms with Crippen molar-refractivity contribution in [1.82, 2.24) is 0 Å². The molecule has 20 rings (SSSR count). The van der Waals surface area contributed by atoms with Gasteiger partial charge in [-0.1, -0.05) is 364 Å². The van der Waals surface area contributed by atoms with E-state index in [1.807, 2.05) is 0 Å². The number of aryl methyl sites for hydroxylation is 4. The van der Waals surface area contributed by atoms with Gasteiger partial charge in [0.25, 0.3) is 0 Å². The SMILES string of the molecule is CCCCc1ccc(-c2ccc3c(c2)C(CC)(CC)c2cc(N(c4ccc(C(c5ccccc5)(c5ccccc5)c5ccc(N(c6ccc7c(c6)C(CC)(CC)c6cc(-c8ccc(CCCC)cc8)ccc6-7)c6ccc7c(c6)C(CC)(CC)c6cc(-c8ccc(CCCC)cc8)ccc6-7)cc5)cc4)c4ccc5c(c4)C(CC)(CC)c4cc(-c6ccc(CCCC)cc6)ccc4-5)ccc2-3)cc1. The molecule has 4 aliphatic rings. The van der Waals surface area contributed by atoms with Crippen molar-refractivity contribution in [2.24, 2.45) is 0 Å². The number of fused-ring (bicyclic) bond motifs is 12. The summed E-state index contributed by atoms with van der Waals surface area (Å²) in [5.74, 6) is 0. The number of unbranched alkanes of at least 4 members (excludes halogenated alkanes) is 4. The van der Waals surface area contributed by atoms with Crippen LogP contribution in [0.25, 0.3) is 89.0 Å². The van der Waals surface area contributed by atoms with Gasteiger partial charge in [-0.15, -0.1) is 0 Å². The molecule has 0 atom stereocenters. The van der Waals surface area contributed by atoms with Crippen LogP contribution in [0.4, 0.5) is 34.1 Å². The van der Waals surface area contributed by atoms with E-state index in [0.717, 1.165) is 111 Å². The van der Waals surface area contributed by atoms with Crippen LogP contribution >= 0.6 is 0 Å². The zero-order valence-electron chi connectivity index (χ0n) is 82.0. The highest BCUT2D eigenvalue weighted by Gasteiger charge is 2.47. The van der Waals surface area contributed by atoms with Gasteiger partial charge in [-0.25, -0.2) is 0 Å². The molecule has 2 nitrogen and oxygen atoms in total. The molecular formula is C133H134N2. The molecule has 2 heteroatoms. The van der Waals surface area contributed by atoms with Gasteiger partial charge in [0.2, 0.25) is 0 Å². The highest BCUT2D eigenvalue weighted by molar-refractivity contribution is 5.94. The summed E-state index contributed by atoms with van der Waals surface area (Å²) in [5, 5.41) is 0. The average Bonchev–Trinajstić information content (AvgIpc) is 1.67. The fraction of sp³-hybridized carbons (Fsp3) is 0.278. The van der Waals surface area contributed by atoms with E-state index < -0.39 is 5.41 Å². The largest absolute Gasteiger partial charge is 0.310 e. The minimum absolute atomic E-state index is 0.205. The molecule has 135 heavy (non-hydrogen) atoms. The maximum atomic E-state index is 2.61. The second-order valence-electron chi connectivity index (χ2n) is 39.6. The first kappa shape index (κ1) is 90.0. The van der Waals surface area contributed by atoms with Crippen LogP contribution < -0.4 is 9.80 Å². The van der Waals surface area contributed by atoms with E-state index in [1.54, 1.807) is 0 Å². The van der Waals surface area contributed by atoms with Crippen LogP contribution in [0.3, 0.4) is 0 Å². The van der Waals surface area contributed by atoms with E-state index >= 15 is 0 Å². The van der Waals surface area contributed by atoms with E-state index in [2.05, 4.69) is 445 Å². The van der Waals surface area contributed by atoms with Crippen LogP contribution in [0.2, 0.25) is 0 Å². The second-order valence-corrected chi connectivity index (χ2v) is 39.6. The highest BCUT2D eigenvalue weighted by Crippen LogP contribution is 2.62. The monoisotopic (exact) mass is 1760 g/mol. The summed E-state index contributed by atoms with van der Waals surface area (Å²) in [5.41, 5.74) is 48.2. The summed E-state index contributed by atoms with van der Waals surface area (Å²) in [4.78, 5) is 5.22. The van der Waals surface area contributed by atoms with Crippen molar-refractivity contribution in [3.05, 3.63) is 441 Å². The first-order chi connectivity index (χ1) is 66.2. The molecule has 0 heterocycles. The molecule has 0 saturated carbocycles. The van der Waals surface area contributed by atoms with Gasteiger partial charge in [-0.2, -0.15) is 0 Å². The van der Waals surface area contributed by atoms with Crippen LogP contribution in [0.15, 0.2) is 352 Å². The lowest BCUT2D eigenvalue weighted by atomic mass is 9.65. The lowest BCUT2D eigenvalue weighted by Gasteiger charge is -2.38. The summed E-state index contributed by atoms with van der Waals surface area (Å²) < 4.78 is 0. The van der Waals surface area contributed by atoms with Gasteiger partial charge in [0.05, 0.1) is 5.41 Å². The molecule has 0 saturated heterocycles. The normalized spacial score (nSPS) is 14.0. The minimum atomic E-state index is -0.780. The minimum Gasteiger partial charge on any atom is -0.310 e. The maximum absolute atomic E-state index is 2.61. The van der Waals surface area contributed by atoms with Gasteiger partial charge < -0.3 is 9.80 Å². The molecule has 0 amide bonds. The Hall–Kier alpha value is -12.9. The van der Waals surface area contributed by atoms with Crippen molar-refractivity contribution in [3.63, 3.8) is 0 Å². The van der Waals surface area contributed by atoms with E-state index in [-0.39, 0.29) is 21.7 Å². The number of hydrogen-bond donors (Lipinski definition) is 0. The van der Waals surface area contributed by atoms with Crippen LogP contribution in [0, 0.1) is 0 Å². The number of rotatable bonds is 34. The molecule has 0 aliphatic heterocycles. The standard InChI is InChI=1S/C133H134N2/c1-13-25-35-91-43-51-95(52-44-91)99-59-75-113-117-79-71-109(87-125(117)129(17-5,18-6)121(113)83-99)134(110-72-80-118-114-76-60-100(96-53-45-92(46-54-96)36-26-14-2)84-122(114)130(19-7,20-8)126(118)88-110)107-67-63-105(64-68-107)133(103-39-31-29-32-40-103,104-41-33-30-34-42-104)106-65-69-108(70-66-106)135(111-73-81-119-115-77-61-101(97-55-47-93(48-56-97)37-27-15-3)85-123(115)131(21-9,22-10)127(119)89-111)112-74-82-120-116-78-62-102(98-57-49-94(50-58-98)38-28-16-4)86-124(116)132(23-11,24-12)128(120)90-112/h29-34,39-90H,13-28,35-38H2,1-12H3. The molecule has 0 radical (unpaired) electrons. The fourth-order valence-corrected chi connectivity index (χ4v) is 25.2. The van der Waals surface area contributed by atoms with Crippen LogP contribution in [0.5, 0.6) is 0 Å². The first-order valence-corrected chi connectivity index (χ1v) is 51.7. The van der Waals surface area contributed by atoms with Gasteiger partial charge in [-0.3, -0.25) is 0 Å². The number of benzene rings is 16. The summed E-state index contributed by atoms with van der Waals surface area (Å²) in [6.45, 7) is 28.6. The predicted octanol–water partition coefficient (Wildman–Crippen LogP) is 37.4. The van der Waals surface area contributed by atoms with Crippen molar-refractivity contribution in [1.29, 1.82) is 0 Å². The lowest BCUT2D eigenvalue weighted by molar-refractivity contribution is 0.490. The van der Waals surface area contributed by atoms with Gasteiger partial charge in [-0.05, 0) is 378 Å². The Morgan fingerprint density at radius 1 is 0.178 bits per heavy atom. The smallest absolute Gasteiger partial charge is 0.0701 e. The molecule has 0 fully saturated rings. The second kappa shape index (κ2) is 37.8. The van der Waals surface area contributed by atoms with Gasteiger partial charge in [0, 0.05) is 55.8 Å². The van der Waals surface area contributed by atoms with E-state index in [0.29, 0.717) is 0 Å². The molecule has 0 spiro atoms. The van der Waals surface area contributed by atoms with Gasteiger partial charge in [0.1, 0.15) is 0 Å². The molecule has 0 N–H and O–H groups in total. The summed E-state index contributed by atoms with van der Waals surface area (Å²) in [6.07, 6.45) is 21.9. The van der Waals surface area contributed by atoms with Crippen LogP contribution in [-0.2, 0) is 52.8 Å². The van der Waals surface area contributed by atoms with E-state index in [4.69, 9.17) is 0 Å². The number of hydrogen-bond acceptors (Lipinski definition) is 2. The Kier molecular flexibility index (Phi) is 25.2. The van der Waals surface area contributed by atoms with Crippen molar-refractivity contribution < 1.29 is 0 Å². The van der Waals surface area contributed by atoms with E-state index in [1.165, 1.54) is 229 Å². The molecule has 16 aromatic rings. The Balaban J connectivity index is 0.733. The van der Waals surface area contributed by atoms with E-state index in [9.17, 15) is 0 Å². The molecular weight excluding hydrogens is 1630 g/mol. The predicted molar refractivity (Wildman–Crippen MR) is 578 cm³/mol. The third-order valence-corrected chi connectivity index (χ3v) is 33.2. The molecule has 0 unspecified atom stereocenters. The lowest BCUT2D eigenvalue weighted by Crippen LogP contribution is -2.31. The third-order valence-electron chi connectivity index (χ3n) is 33.2. The van der Waals surface area contributed by atoms with Crippen molar-refractivity contribution >= 4 is 34.1 Å². The molecule has 16 aromatic carbocycles. The summed E-state index contributed by atoms with van der Waals surface area (Å²) in [7, 11) is 0.